The fourth-order valence-corrected chi connectivity index (χ4v) is 2.80. The van der Waals surface area contributed by atoms with E-state index < -0.39 is 14.4 Å². The molecule has 0 aliphatic rings. The lowest BCUT2D eigenvalue weighted by Gasteiger charge is -2.39. The van der Waals surface area contributed by atoms with E-state index in [1.54, 1.807) is 0 Å². The molecule has 1 unspecified atom stereocenters. The molecule has 6 nitrogen and oxygen atoms in total. The Labute approximate surface area is 128 Å². The first-order valence-corrected chi connectivity index (χ1v) is 9.90. The number of hydrogen-bond donors (Lipinski definition) is 0. The van der Waals surface area contributed by atoms with Crippen LogP contribution in [0.15, 0.2) is 0 Å². The van der Waals surface area contributed by atoms with Gasteiger partial charge >= 0.3 is 5.97 Å². The maximum absolute atomic E-state index is 12.0. The minimum absolute atomic E-state index is 0.00241. The van der Waals surface area contributed by atoms with Gasteiger partial charge in [-0.05, 0) is 18.1 Å². The van der Waals surface area contributed by atoms with Gasteiger partial charge in [-0.15, -0.1) is 0 Å². The molecule has 1 atom stereocenters. The Kier molecular flexibility index (Phi) is 7.56. The summed E-state index contributed by atoms with van der Waals surface area (Å²) in [6.07, 6.45) is -0.346. The molecule has 0 radical (unpaired) electrons. The van der Waals surface area contributed by atoms with Crippen LogP contribution in [0, 0.1) is 0 Å². The SMILES string of the molecule is COC(=O)CC(CC(=O)N(C)OC)O[Si](C)(C)C(C)(C)C. The molecular weight excluding hydrogens is 290 g/mol. The molecule has 21 heavy (non-hydrogen) atoms. The Hall–Kier alpha value is -0.923. The van der Waals surface area contributed by atoms with Crippen molar-refractivity contribution in [2.75, 3.05) is 21.3 Å². The standard InChI is InChI=1S/C14H29NO5Si/c1-14(2,3)21(7,8)20-11(10-13(17)18-5)9-12(16)15(4)19-6/h11H,9-10H2,1-8H3. The number of esters is 1. The van der Waals surface area contributed by atoms with Gasteiger partial charge in [0.15, 0.2) is 8.32 Å². The van der Waals surface area contributed by atoms with Crippen molar-refractivity contribution in [1.29, 1.82) is 0 Å². The molecule has 0 aromatic heterocycles. The smallest absolute Gasteiger partial charge is 0.308 e. The maximum Gasteiger partial charge on any atom is 0.308 e. The van der Waals surface area contributed by atoms with Crippen molar-refractivity contribution in [2.45, 2.75) is 57.8 Å². The second-order valence-electron chi connectivity index (χ2n) is 6.56. The number of hydroxylamine groups is 2. The molecule has 0 rings (SSSR count). The van der Waals surface area contributed by atoms with Crippen LogP contribution in [0.1, 0.15) is 33.6 Å². The zero-order valence-corrected chi connectivity index (χ0v) is 15.5. The average molecular weight is 319 g/mol. The van der Waals surface area contributed by atoms with Gasteiger partial charge in [-0.1, -0.05) is 20.8 Å². The summed E-state index contributed by atoms with van der Waals surface area (Å²) in [4.78, 5) is 28.4. The summed E-state index contributed by atoms with van der Waals surface area (Å²) >= 11 is 0. The fourth-order valence-electron chi connectivity index (χ4n) is 1.44. The molecule has 0 heterocycles. The molecule has 124 valence electrons. The van der Waals surface area contributed by atoms with Crippen LogP contribution in [0.5, 0.6) is 0 Å². The molecule has 0 saturated heterocycles. The Morgan fingerprint density at radius 3 is 2.05 bits per heavy atom. The molecule has 0 spiro atoms. The van der Waals surface area contributed by atoms with Crippen LogP contribution in [-0.4, -0.2) is 52.6 Å². The summed E-state index contributed by atoms with van der Waals surface area (Å²) < 4.78 is 10.9. The van der Waals surface area contributed by atoms with E-state index in [2.05, 4.69) is 38.6 Å². The number of rotatable bonds is 7. The van der Waals surface area contributed by atoms with Crippen LogP contribution in [0.3, 0.4) is 0 Å². The van der Waals surface area contributed by atoms with Crippen molar-refractivity contribution in [3.63, 3.8) is 0 Å². The highest BCUT2D eigenvalue weighted by Crippen LogP contribution is 2.38. The normalized spacial score (nSPS) is 13.7. The summed E-state index contributed by atoms with van der Waals surface area (Å²) in [7, 11) is 2.20. The predicted octanol–water partition coefficient (Wildman–Crippen LogP) is 2.35. The van der Waals surface area contributed by atoms with Crippen LogP contribution < -0.4 is 0 Å². The minimum Gasteiger partial charge on any atom is -0.469 e. The number of ether oxygens (including phenoxy) is 1. The molecule has 0 N–H and O–H groups in total. The molecule has 1 amide bonds. The maximum atomic E-state index is 12.0. The van der Waals surface area contributed by atoms with Crippen LogP contribution in [0.2, 0.25) is 18.1 Å². The number of hydrogen-bond acceptors (Lipinski definition) is 5. The van der Waals surface area contributed by atoms with Crippen molar-refractivity contribution in [2.24, 2.45) is 0 Å². The highest BCUT2D eigenvalue weighted by atomic mass is 28.4. The van der Waals surface area contributed by atoms with Gasteiger partial charge in [0, 0.05) is 7.05 Å². The van der Waals surface area contributed by atoms with E-state index in [-0.39, 0.29) is 29.8 Å². The van der Waals surface area contributed by atoms with E-state index in [0.717, 1.165) is 5.06 Å². The monoisotopic (exact) mass is 319 g/mol. The van der Waals surface area contributed by atoms with Crippen LogP contribution in [-0.2, 0) is 23.6 Å². The van der Waals surface area contributed by atoms with Crippen molar-refractivity contribution in [1.82, 2.24) is 5.06 Å². The number of amides is 1. The Balaban J connectivity index is 4.99. The van der Waals surface area contributed by atoms with Crippen molar-refractivity contribution < 1.29 is 23.6 Å². The Morgan fingerprint density at radius 1 is 1.14 bits per heavy atom. The van der Waals surface area contributed by atoms with Crippen LogP contribution in [0.25, 0.3) is 0 Å². The van der Waals surface area contributed by atoms with E-state index in [4.69, 9.17) is 9.26 Å². The van der Waals surface area contributed by atoms with Crippen molar-refractivity contribution >= 4 is 20.2 Å². The molecular formula is C14H29NO5Si. The predicted molar refractivity (Wildman–Crippen MR) is 83.1 cm³/mol. The Bertz CT molecular complexity index is 365. The molecule has 0 aliphatic heterocycles. The number of carbonyl (C=O) groups excluding carboxylic acids is 2. The minimum atomic E-state index is -2.08. The van der Waals surface area contributed by atoms with Gasteiger partial charge < -0.3 is 9.16 Å². The van der Waals surface area contributed by atoms with Gasteiger partial charge in [0.25, 0.3) is 0 Å². The number of nitrogens with zero attached hydrogens (tertiary/aromatic N) is 1. The summed E-state index contributed by atoms with van der Waals surface area (Å²) in [5.41, 5.74) is 0. The molecule has 0 aromatic rings. The van der Waals surface area contributed by atoms with Gasteiger partial charge in [0.05, 0.1) is 33.2 Å². The third-order valence-electron chi connectivity index (χ3n) is 3.92. The molecule has 0 aliphatic carbocycles. The molecule has 7 heteroatoms. The molecule has 0 aromatic carbocycles. The van der Waals surface area contributed by atoms with E-state index in [0.29, 0.717) is 0 Å². The zero-order chi connectivity index (χ0) is 16.8. The second-order valence-corrected chi connectivity index (χ2v) is 11.3. The highest BCUT2D eigenvalue weighted by Gasteiger charge is 2.40. The topological polar surface area (TPSA) is 65.1 Å². The van der Waals surface area contributed by atoms with Gasteiger partial charge in [-0.2, -0.15) is 0 Å². The van der Waals surface area contributed by atoms with Crippen LogP contribution in [0.4, 0.5) is 0 Å². The first-order valence-electron chi connectivity index (χ1n) is 7.00. The fraction of sp³-hybridized carbons (Fsp3) is 0.857. The van der Waals surface area contributed by atoms with Gasteiger partial charge in [-0.25, -0.2) is 5.06 Å². The molecule has 0 bridgehead atoms. The van der Waals surface area contributed by atoms with Gasteiger partial charge in [0.2, 0.25) is 5.91 Å². The highest BCUT2D eigenvalue weighted by molar-refractivity contribution is 6.74. The lowest BCUT2D eigenvalue weighted by atomic mass is 10.2. The van der Waals surface area contributed by atoms with E-state index in [9.17, 15) is 9.59 Å². The summed E-state index contributed by atoms with van der Waals surface area (Å²) in [5, 5.41) is 1.14. The number of carbonyl (C=O) groups is 2. The second kappa shape index (κ2) is 7.91. The lowest BCUT2D eigenvalue weighted by Crippen LogP contribution is -2.45. The van der Waals surface area contributed by atoms with E-state index in [1.165, 1.54) is 21.3 Å². The summed E-state index contributed by atoms with van der Waals surface area (Å²) in [6, 6.07) is 0. The first kappa shape index (κ1) is 20.1. The van der Waals surface area contributed by atoms with E-state index >= 15 is 0 Å². The van der Waals surface area contributed by atoms with Gasteiger partial charge in [-0.3, -0.25) is 14.4 Å². The zero-order valence-electron chi connectivity index (χ0n) is 14.5. The molecule has 0 fully saturated rings. The Morgan fingerprint density at radius 2 is 1.67 bits per heavy atom. The third-order valence-corrected chi connectivity index (χ3v) is 8.45. The van der Waals surface area contributed by atoms with E-state index in [1.807, 2.05) is 0 Å². The third kappa shape index (κ3) is 6.58. The number of methoxy groups -OCH3 is 1. The summed E-state index contributed by atoms with van der Waals surface area (Å²) in [5.74, 6) is -0.614. The average Bonchev–Trinajstić information content (AvgIpc) is 2.35. The first-order chi connectivity index (χ1) is 9.44. The van der Waals surface area contributed by atoms with Crippen LogP contribution >= 0.6 is 0 Å². The quantitative estimate of drug-likeness (QED) is 0.409. The lowest BCUT2D eigenvalue weighted by molar-refractivity contribution is -0.170. The summed E-state index contributed by atoms with van der Waals surface area (Å²) in [6.45, 7) is 10.5. The van der Waals surface area contributed by atoms with Crippen molar-refractivity contribution in [3.8, 4) is 0 Å². The van der Waals surface area contributed by atoms with Gasteiger partial charge in [0.1, 0.15) is 0 Å². The molecule has 0 saturated carbocycles. The largest absolute Gasteiger partial charge is 0.469 e. The van der Waals surface area contributed by atoms with Crippen molar-refractivity contribution in [3.05, 3.63) is 0 Å².